The zero-order chi connectivity index (χ0) is 15.9. The molecule has 0 spiro atoms. The first kappa shape index (κ1) is 14.5. The minimum Gasteiger partial charge on any atom is -0.475 e. The number of carboxylic acids is 1. The Morgan fingerprint density at radius 3 is 2.82 bits per heavy atom. The predicted octanol–water partition coefficient (Wildman–Crippen LogP) is 3.03. The number of aromatic nitrogens is 1. The van der Waals surface area contributed by atoms with E-state index in [9.17, 15) is 13.6 Å². The minimum atomic E-state index is -1.18. The molecule has 0 bridgehead atoms. The van der Waals surface area contributed by atoms with E-state index in [1.165, 1.54) is 6.07 Å². The van der Waals surface area contributed by atoms with Crippen LogP contribution in [0, 0.1) is 11.6 Å². The van der Waals surface area contributed by atoms with E-state index in [0.29, 0.717) is 12.1 Å². The van der Waals surface area contributed by atoms with E-state index in [4.69, 9.17) is 9.52 Å². The van der Waals surface area contributed by atoms with E-state index in [-0.39, 0.29) is 23.7 Å². The summed E-state index contributed by atoms with van der Waals surface area (Å²) in [5.41, 5.74) is 0.707. The third-order valence-corrected chi connectivity index (χ3v) is 4.08. The van der Waals surface area contributed by atoms with Crippen LogP contribution in [0.5, 0.6) is 0 Å². The van der Waals surface area contributed by atoms with Gasteiger partial charge >= 0.3 is 5.97 Å². The van der Waals surface area contributed by atoms with E-state index in [2.05, 4.69) is 4.98 Å². The molecule has 0 radical (unpaired) electrons. The van der Waals surface area contributed by atoms with Crippen LogP contribution in [0.4, 0.5) is 14.8 Å². The maximum absolute atomic E-state index is 13.4. The van der Waals surface area contributed by atoms with Gasteiger partial charge in [-0.1, -0.05) is 6.07 Å². The number of hydrogen-bond donors (Lipinski definition) is 1. The molecule has 1 aromatic heterocycles. The molecule has 1 aliphatic heterocycles. The SMILES string of the molecule is CC1C(c2ccc(F)c(F)c2)CCN1c1ncc(C(=O)O)o1. The molecular weight excluding hydrogens is 294 g/mol. The summed E-state index contributed by atoms with van der Waals surface area (Å²) in [7, 11) is 0. The Balaban J connectivity index is 1.83. The first-order valence-electron chi connectivity index (χ1n) is 6.88. The number of halogens is 2. The highest BCUT2D eigenvalue weighted by Crippen LogP contribution is 2.36. The van der Waals surface area contributed by atoms with E-state index >= 15 is 0 Å². The lowest BCUT2D eigenvalue weighted by atomic mass is 9.92. The minimum absolute atomic E-state index is 0.00437. The van der Waals surface area contributed by atoms with Crippen LogP contribution in [0.2, 0.25) is 0 Å². The summed E-state index contributed by atoms with van der Waals surface area (Å²) in [4.78, 5) is 16.6. The molecule has 1 aromatic carbocycles. The Morgan fingerprint density at radius 1 is 1.41 bits per heavy atom. The van der Waals surface area contributed by atoms with Gasteiger partial charge < -0.3 is 14.4 Å². The molecule has 0 aliphatic carbocycles. The lowest BCUT2D eigenvalue weighted by Gasteiger charge is -2.23. The number of carbonyl (C=O) groups is 1. The Morgan fingerprint density at radius 2 is 2.18 bits per heavy atom. The van der Waals surface area contributed by atoms with Crippen molar-refractivity contribution in [2.24, 2.45) is 0 Å². The van der Waals surface area contributed by atoms with Crippen LogP contribution in [-0.2, 0) is 0 Å². The Bertz CT molecular complexity index is 717. The zero-order valence-corrected chi connectivity index (χ0v) is 11.8. The second kappa shape index (κ2) is 5.40. The molecule has 116 valence electrons. The Labute approximate surface area is 125 Å². The largest absolute Gasteiger partial charge is 0.475 e. The molecule has 0 amide bonds. The molecule has 2 unspecified atom stereocenters. The molecule has 0 saturated carbocycles. The van der Waals surface area contributed by atoms with Gasteiger partial charge in [0.25, 0.3) is 6.01 Å². The first-order chi connectivity index (χ1) is 10.5. The highest BCUT2D eigenvalue weighted by Gasteiger charge is 2.35. The molecule has 5 nitrogen and oxygen atoms in total. The number of rotatable bonds is 3. The molecule has 1 saturated heterocycles. The van der Waals surface area contributed by atoms with Crippen molar-refractivity contribution in [2.75, 3.05) is 11.4 Å². The van der Waals surface area contributed by atoms with Gasteiger partial charge in [0.15, 0.2) is 11.6 Å². The van der Waals surface area contributed by atoms with Crippen LogP contribution in [0.3, 0.4) is 0 Å². The van der Waals surface area contributed by atoms with Crippen LogP contribution in [0.25, 0.3) is 0 Å². The second-order valence-corrected chi connectivity index (χ2v) is 5.31. The van der Waals surface area contributed by atoms with Crippen molar-refractivity contribution in [3.05, 3.63) is 47.4 Å². The highest BCUT2D eigenvalue weighted by molar-refractivity contribution is 5.84. The van der Waals surface area contributed by atoms with Crippen molar-refractivity contribution in [3.63, 3.8) is 0 Å². The van der Waals surface area contributed by atoms with Gasteiger partial charge in [-0.2, -0.15) is 0 Å². The summed E-state index contributed by atoms with van der Waals surface area (Å²) < 4.78 is 31.6. The average Bonchev–Trinajstić information content (AvgIpc) is 3.08. The molecule has 2 aromatic rings. The summed E-state index contributed by atoms with van der Waals surface area (Å²) in [6.45, 7) is 2.52. The lowest BCUT2D eigenvalue weighted by Crippen LogP contribution is -2.29. The number of benzene rings is 1. The average molecular weight is 308 g/mol. The number of oxazole rings is 1. The molecule has 7 heteroatoms. The molecule has 1 N–H and O–H groups in total. The number of hydrogen-bond acceptors (Lipinski definition) is 4. The normalized spacial score (nSPS) is 21.3. The van der Waals surface area contributed by atoms with Gasteiger partial charge in [-0.25, -0.2) is 18.6 Å². The fourth-order valence-electron chi connectivity index (χ4n) is 2.89. The fourth-order valence-corrected chi connectivity index (χ4v) is 2.89. The summed E-state index contributed by atoms with van der Waals surface area (Å²) in [5, 5.41) is 8.86. The van der Waals surface area contributed by atoms with Crippen molar-refractivity contribution in [3.8, 4) is 0 Å². The Kier molecular flexibility index (Phi) is 3.56. The van der Waals surface area contributed by atoms with Crippen molar-refractivity contribution in [1.29, 1.82) is 0 Å². The van der Waals surface area contributed by atoms with Crippen molar-refractivity contribution < 1.29 is 23.1 Å². The van der Waals surface area contributed by atoms with E-state index in [0.717, 1.165) is 18.7 Å². The molecular formula is C15H14F2N2O3. The van der Waals surface area contributed by atoms with Crippen molar-refractivity contribution in [1.82, 2.24) is 4.98 Å². The number of anilines is 1. The van der Waals surface area contributed by atoms with E-state index in [1.807, 2.05) is 11.8 Å². The first-order valence-corrected chi connectivity index (χ1v) is 6.88. The smallest absolute Gasteiger partial charge is 0.373 e. The van der Waals surface area contributed by atoms with Crippen LogP contribution < -0.4 is 4.90 Å². The van der Waals surface area contributed by atoms with Crippen LogP contribution >= 0.6 is 0 Å². The quantitative estimate of drug-likeness (QED) is 0.944. The van der Waals surface area contributed by atoms with Gasteiger partial charge in [0.2, 0.25) is 5.76 Å². The number of nitrogens with zero attached hydrogens (tertiary/aromatic N) is 2. The third-order valence-electron chi connectivity index (χ3n) is 4.08. The Hall–Kier alpha value is -2.44. The molecule has 1 aliphatic rings. The van der Waals surface area contributed by atoms with Crippen LogP contribution in [-0.4, -0.2) is 28.6 Å². The summed E-state index contributed by atoms with van der Waals surface area (Å²) in [6.07, 6.45) is 1.88. The van der Waals surface area contributed by atoms with Gasteiger partial charge in [-0.3, -0.25) is 0 Å². The molecule has 2 heterocycles. The standard InChI is InChI=1S/C15H14F2N2O3/c1-8-10(9-2-3-11(16)12(17)6-9)4-5-19(8)15-18-7-13(22-15)14(20)21/h2-3,6-8,10H,4-5H2,1H3,(H,20,21). The fraction of sp³-hybridized carbons (Fsp3) is 0.333. The summed E-state index contributed by atoms with van der Waals surface area (Å²) in [6, 6.07) is 4.06. The van der Waals surface area contributed by atoms with E-state index in [1.54, 1.807) is 6.07 Å². The second-order valence-electron chi connectivity index (χ2n) is 5.31. The molecule has 22 heavy (non-hydrogen) atoms. The maximum Gasteiger partial charge on any atom is 0.373 e. The molecule has 2 atom stereocenters. The lowest BCUT2D eigenvalue weighted by molar-refractivity contribution is 0.0663. The number of aromatic carboxylic acids is 1. The van der Waals surface area contributed by atoms with Crippen LogP contribution in [0.1, 0.15) is 35.4 Å². The predicted molar refractivity (Wildman–Crippen MR) is 74.0 cm³/mol. The van der Waals surface area contributed by atoms with E-state index < -0.39 is 17.6 Å². The number of carboxylic acid groups (broad SMARTS) is 1. The zero-order valence-electron chi connectivity index (χ0n) is 11.8. The van der Waals surface area contributed by atoms with Crippen LogP contribution in [0.15, 0.2) is 28.8 Å². The van der Waals surface area contributed by atoms with Crippen molar-refractivity contribution >= 4 is 12.0 Å². The van der Waals surface area contributed by atoms with Gasteiger partial charge in [-0.05, 0) is 31.0 Å². The summed E-state index contributed by atoms with van der Waals surface area (Å²) >= 11 is 0. The molecule has 1 fully saturated rings. The van der Waals surface area contributed by atoms with Gasteiger partial charge in [0.1, 0.15) is 0 Å². The monoisotopic (exact) mass is 308 g/mol. The summed E-state index contributed by atoms with van der Waals surface area (Å²) in [5.74, 6) is -3.14. The highest BCUT2D eigenvalue weighted by atomic mass is 19.2. The third kappa shape index (κ3) is 2.43. The maximum atomic E-state index is 13.4. The molecule has 3 rings (SSSR count). The van der Waals surface area contributed by atoms with Gasteiger partial charge in [-0.15, -0.1) is 0 Å². The topological polar surface area (TPSA) is 66.6 Å². The van der Waals surface area contributed by atoms with Crippen molar-refractivity contribution in [2.45, 2.75) is 25.3 Å². The van der Waals surface area contributed by atoms with Gasteiger partial charge in [0, 0.05) is 18.5 Å². The van der Waals surface area contributed by atoms with Gasteiger partial charge in [0.05, 0.1) is 6.20 Å².